The minimum Gasteiger partial charge on any atom is -0.339 e. The average molecular weight is 452 g/mol. The predicted molar refractivity (Wildman–Crippen MR) is 116 cm³/mol. The average Bonchev–Trinajstić information content (AvgIpc) is 3.01. The predicted octanol–water partition coefficient (Wildman–Crippen LogP) is 5.52. The number of rotatable bonds is 3. The molecule has 1 fully saturated rings. The van der Waals surface area contributed by atoms with Gasteiger partial charge in [0.2, 0.25) is 0 Å². The van der Waals surface area contributed by atoms with Crippen LogP contribution in [0, 0.1) is 13.8 Å². The Hall–Kier alpha value is -1.82. The van der Waals surface area contributed by atoms with E-state index in [4.69, 9.17) is 39.8 Å². The second-order valence-corrected chi connectivity index (χ2v) is 8.62. The summed E-state index contributed by atoms with van der Waals surface area (Å²) >= 11 is 19.3. The highest BCUT2D eigenvalue weighted by Crippen LogP contribution is 2.32. The summed E-state index contributed by atoms with van der Waals surface area (Å²) in [5, 5.41) is 5.67. The van der Waals surface area contributed by atoms with Crippen LogP contribution in [-0.2, 0) is 6.42 Å². The number of aryl methyl sites for hydroxylation is 2. The number of nitrogens with zero attached hydrogens (tertiary/aromatic N) is 4. The van der Waals surface area contributed by atoms with Crippen LogP contribution in [0.2, 0.25) is 15.2 Å². The SMILES string of the molecule is Cc1cc(Cl)nn2c(C)c(Cc3c(Cl)ccc(C(=O)N4CCCCC4)c3Cl)nc12. The molecule has 1 saturated heterocycles. The lowest BCUT2D eigenvalue weighted by Crippen LogP contribution is -2.35. The van der Waals surface area contributed by atoms with E-state index in [2.05, 4.69) is 5.10 Å². The van der Waals surface area contributed by atoms with Crippen molar-refractivity contribution in [3.8, 4) is 0 Å². The molecule has 1 aliphatic rings. The third-order valence-electron chi connectivity index (χ3n) is 5.46. The Morgan fingerprint density at radius 3 is 2.55 bits per heavy atom. The van der Waals surface area contributed by atoms with Gasteiger partial charge >= 0.3 is 0 Å². The van der Waals surface area contributed by atoms with E-state index >= 15 is 0 Å². The van der Waals surface area contributed by atoms with Crippen LogP contribution in [0.3, 0.4) is 0 Å². The van der Waals surface area contributed by atoms with Crippen molar-refractivity contribution in [1.29, 1.82) is 0 Å². The minimum atomic E-state index is -0.0383. The van der Waals surface area contributed by atoms with Gasteiger partial charge in [-0.15, -0.1) is 0 Å². The summed E-state index contributed by atoms with van der Waals surface area (Å²) in [5.41, 5.74) is 4.54. The lowest BCUT2D eigenvalue weighted by Gasteiger charge is -2.27. The molecule has 0 N–H and O–H groups in total. The second-order valence-electron chi connectivity index (χ2n) is 7.45. The smallest absolute Gasteiger partial charge is 0.255 e. The zero-order chi connectivity index (χ0) is 20.7. The van der Waals surface area contributed by atoms with E-state index in [1.807, 2.05) is 18.7 Å². The highest BCUT2D eigenvalue weighted by molar-refractivity contribution is 6.38. The number of carbonyl (C=O) groups is 1. The molecule has 1 amide bonds. The monoisotopic (exact) mass is 450 g/mol. The van der Waals surface area contributed by atoms with Crippen molar-refractivity contribution >= 4 is 46.4 Å². The van der Waals surface area contributed by atoms with Crippen molar-refractivity contribution in [3.05, 3.63) is 61.5 Å². The molecular weight excluding hydrogens is 431 g/mol. The number of piperidine rings is 1. The number of likely N-dealkylation sites (tertiary alicyclic amines) is 1. The van der Waals surface area contributed by atoms with Gasteiger partial charge in [0.05, 0.1) is 22.0 Å². The third-order valence-corrected chi connectivity index (χ3v) is 6.44. The van der Waals surface area contributed by atoms with E-state index in [9.17, 15) is 4.79 Å². The molecule has 2 aromatic heterocycles. The van der Waals surface area contributed by atoms with E-state index in [0.717, 1.165) is 55.0 Å². The lowest BCUT2D eigenvalue weighted by atomic mass is 10.0. The summed E-state index contributed by atoms with van der Waals surface area (Å²) < 4.78 is 1.73. The molecule has 8 heteroatoms. The van der Waals surface area contributed by atoms with E-state index in [1.165, 1.54) is 0 Å². The number of hydrogen-bond acceptors (Lipinski definition) is 3. The molecular formula is C21H21Cl3N4O. The molecule has 3 heterocycles. The zero-order valence-corrected chi connectivity index (χ0v) is 18.6. The lowest BCUT2D eigenvalue weighted by molar-refractivity contribution is 0.0724. The number of carbonyl (C=O) groups excluding carboxylic acids is 1. The van der Waals surface area contributed by atoms with Crippen molar-refractivity contribution in [1.82, 2.24) is 19.5 Å². The van der Waals surface area contributed by atoms with Crippen molar-refractivity contribution in [2.45, 2.75) is 39.5 Å². The quantitative estimate of drug-likeness (QED) is 0.526. The minimum absolute atomic E-state index is 0.0383. The Kier molecular flexibility index (Phi) is 5.74. The number of hydrogen-bond donors (Lipinski definition) is 0. The molecule has 4 rings (SSSR count). The maximum Gasteiger partial charge on any atom is 0.255 e. The van der Waals surface area contributed by atoms with Gasteiger partial charge in [-0.3, -0.25) is 4.79 Å². The van der Waals surface area contributed by atoms with Crippen LogP contribution >= 0.6 is 34.8 Å². The fraction of sp³-hybridized carbons (Fsp3) is 0.381. The summed E-state index contributed by atoms with van der Waals surface area (Å²) in [5.74, 6) is -0.0383. The van der Waals surface area contributed by atoms with E-state index < -0.39 is 0 Å². The topological polar surface area (TPSA) is 50.5 Å². The molecule has 152 valence electrons. The van der Waals surface area contributed by atoms with Crippen LogP contribution in [0.25, 0.3) is 5.65 Å². The maximum atomic E-state index is 13.0. The summed E-state index contributed by atoms with van der Waals surface area (Å²) in [4.78, 5) is 19.6. The summed E-state index contributed by atoms with van der Waals surface area (Å²) in [7, 11) is 0. The number of aromatic nitrogens is 3. The first-order valence-corrected chi connectivity index (χ1v) is 10.8. The summed E-state index contributed by atoms with van der Waals surface area (Å²) in [6, 6.07) is 5.24. The van der Waals surface area contributed by atoms with Gasteiger partial charge in [-0.1, -0.05) is 34.8 Å². The van der Waals surface area contributed by atoms with Crippen molar-refractivity contribution in [2.24, 2.45) is 0 Å². The highest BCUT2D eigenvalue weighted by atomic mass is 35.5. The van der Waals surface area contributed by atoms with Gasteiger partial charge < -0.3 is 4.90 Å². The molecule has 0 atom stereocenters. The Morgan fingerprint density at radius 2 is 1.83 bits per heavy atom. The van der Waals surface area contributed by atoms with Crippen LogP contribution in [0.15, 0.2) is 18.2 Å². The van der Waals surface area contributed by atoms with Gasteiger partial charge in [0, 0.05) is 24.5 Å². The molecule has 0 unspecified atom stereocenters. The normalized spacial score (nSPS) is 14.6. The van der Waals surface area contributed by atoms with Gasteiger partial charge in [0.15, 0.2) is 5.65 Å². The zero-order valence-electron chi connectivity index (χ0n) is 16.3. The first kappa shape index (κ1) is 20.5. The van der Waals surface area contributed by atoms with Crippen molar-refractivity contribution in [2.75, 3.05) is 13.1 Å². The largest absolute Gasteiger partial charge is 0.339 e. The number of benzene rings is 1. The molecule has 0 radical (unpaired) electrons. The van der Waals surface area contributed by atoms with Crippen LogP contribution in [0.5, 0.6) is 0 Å². The Labute approximate surface area is 184 Å². The second kappa shape index (κ2) is 8.13. The first-order valence-electron chi connectivity index (χ1n) is 9.64. The Balaban J connectivity index is 1.72. The van der Waals surface area contributed by atoms with Crippen LogP contribution in [-0.4, -0.2) is 38.5 Å². The highest BCUT2D eigenvalue weighted by Gasteiger charge is 2.24. The van der Waals surface area contributed by atoms with Crippen molar-refractivity contribution < 1.29 is 4.79 Å². The fourth-order valence-electron chi connectivity index (χ4n) is 3.81. The molecule has 1 aromatic carbocycles. The molecule has 0 aliphatic carbocycles. The molecule has 0 bridgehead atoms. The molecule has 0 spiro atoms. The summed E-state index contributed by atoms with van der Waals surface area (Å²) in [6.07, 6.45) is 3.62. The number of halogens is 3. The van der Waals surface area contributed by atoms with Gasteiger partial charge in [-0.25, -0.2) is 9.50 Å². The molecule has 5 nitrogen and oxygen atoms in total. The fourth-order valence-corrected chi connectivity index (χ4v) is 4.63. The third kappa shape index (κ3) is 3.83. The van der Waals surface area contributed by atoms with E-state index in [1.54, 1.807) is 22.7 Å². The molecule has 1 aliphatic heterocycles. The van der Waals surface area contributed by atoms with Gasteiger partial charge in [0.1, 0.15) is 5.15 Å². The van der Waals surface area contributed by atoms with Crippen LogP contribution < -0.4 is 0 Å². The number of imidazole rings is 1. The van der Waals surface area contributed by atoms with E-state index in [0.29, 0.717) is 32.7 Å². The van der Waals surface area contributed by atoms with Crippen molar-refractivity contribution in [3.63, 3.8) is 0 Å². The standard InChI is InChI=1S/C21H21Cl3N4O/c1-12-10-18(23)26-28-13(2)17(25-20(12)28)11-15-16(22)7-6-14(19(15)24)21(29)27-8-4-3-5-9-27/h6-7,10H,3-5,8-9,11H2,1-2H3. The number of amides is 1. The van der Waals surface area contributed by atoms with Gasteiger partial charge in [0.25, 0.3) is 5.91 Å². The van der Waals surface area contributed by atoms with E-state index in [-0.39, 0.29) is 5.91 Å². The van der Waals surface area contributed by atoms with Crippen LogP contribution in [0.4, 0.5) is 0 Å². The Morgan fingerprint density at radius 1 is 1.10 bits per heavy atom. The molecule has 29 heavy (non-hydrogen) atoms. The first-order chi connectivity index (χ1) is 13.9. The maximum absolute atomic E-state index is 13.0. The van der Waals surface area contributed by atoms with Gasteiger partial charge in [-0.05, 0) is 62.4 Å². The Bertz CT molecular complexity index is 1100. The van der Waals surface area contributed by atoms with Gasteiger partial charge in [-0.2, -0.15) is 5.10 Å². The molecule has 3 aromatic rings. The van der Waals surface area contributed by atoms with Crippen LogP contribution in [0.1, 0.15) is 52.1 Å². The molecule has 0 saturated carbocycles. The summed E-state index contributed by atoms with van der Waals surface area (Å²) in [6.45, 7) is 5.41. The number of fused-ring (bicyclic) bond motifs is 1.